The second-order valence-electron chi connectivity index (χ2n) is 4.77. The van der Waals surface area contributed by atoms with Crippen LogP contribution in [0.2, 0.25) is 0 Å². The molecule has 7 heteroatoms. The Labute approximate surface area is 134 Å². The van der Waals surface area contributed by atoms with E-state index in [0.717, 1.165) is 5.56 Å². The second-order valence-corrected chi connectivity index (χ2v) is 4.77. The Kier molecular flexibility index (Phi) is 5.35. The molecule has 1 heterocycles. The highest BCUT2D eigenvalue weighted by molar-refractivity contribution is 5.73. The van der Waals surface area contributed by atoms with Crippen LogP contribution in [-0.2, 0) is 11.3 Å². The molecule has 0 saturated carbocycles. The van der Waals surface area contributed by atoms with Crippen molar-refractivity contribution in [2.75, 3.05) is 20.8 Å². The number of benzene rings is 1. The van der Waals surface area contributed by atoms with Crippen LogP contribution in [-0.4, -0.2) is 41.7 Å². The summed E-state index contributed by atoms with van der Waals surface area (Å²) in [5.41, 5.74) is 0.732. The molecule has 0 fully saturated rings. The third kappa shape index (κ3) is 3.88. The number of carbonyl (C=O) groups excluding carboxylic acids is 1. The number of hydrogen-bond acceptors (Lipinski definition) is 6. The van der Waals surface area contributed by atoms with E-state index in [1.165, 1.54) is 6.92 Å². The summed E-state index contributed by atoms with van der Waals surface area (Å²) < 4.78 is 15.7. The fraction of sp³-hybridized carbons (Fsp3) is 0.312. The maximum absolute atomic E-state index is 11.5. The van der Waals surface area contributed by atoms with Crippen LogP contribution in [0, 0.1) is 0 Å². The number of carbonyl (C=O) groups is 1. The van der Waals surface area contributed by atoms with Gasteiger partial charge in [-0.25, -0.2) is 0 Å². The van der Waals surface area contributed by atoms with Gasteiger partial charge in [-0.15, -0.1) is 6.58 Å². The van der Waals surface area contributed by atoms with Crippen LogP contribution >= 0.6 is 0 Å². The molecule has 2 rings (SSSR count). The molecule has 0 atom stereocenters. The largest absolute Gasteiger partial charge is 0.493 e. The molecule has 1 aromatic carbocycles. The van der Waals surface area contributed by atoms with Gasteiger partial charge in [0.05, 0.1) is 14.2 Å². The third-order valence-corrected chi connectivity index (χ3v) is 3.23. The zero-order valence-electron chi connectivity index (χ0n) is 13.4. The van der Waals surface area contributed by atoms with Crippen LogP contribution in [0.5, 0.6) is 11.5 Å². The summed E-state index contributed by atoms with van der Waals surface area (Å²) in [5.74, 6) is 1.88. The topological polar surface area (TPSA) is 77.7 Å². The van der Waals surface area contributed by atoms with Gasteiger partial charge in [-0.3, -0.25) is 4.79 Å². The molecule has 0 spiro atoms. The Hall–Kier alpha value is -2.83. The molecule has 23 heavy (non-hydrogen) atoms. The van der Waals surface area contributed by atoms with Crippen molar-refractivity contribution in [1.29, 1.82) is 0 Å². The zero-order valence-corrected chi connectivity index (χ0v) is 13.4. The molecule has 1 aromatic heterocycles. The molecular weight excluding hydrogens is 298 g/mol. The van der Waals surface area contributed by atoms with Crippen LogP contribution < -0.4 is 9.47 Å². The summed E-state index contributed by atoms with van der Waals surface area (Å²) in [6.07, 6.45) is 1.65. The Morgan fingerprint density at radius 2 is 2.09 bits per heavy atom. The molecule has 2 aromatic rings. The first-order valence-electron chi connectivity index (χ1n) is 7.00. The molecule has 0 saturated heterocycles. The van der Waals surface area contributed by atoms with Gasteiger partial charge in [0.15, 0.2) is 11.5 Å². The van der Waals surface area contributed by atoms with Gasteiger partial charge < -0.3 is 18.9 Å². The number of rotatable bonds is 7. The minimum absolute atomic E-state index is 0.0873. The number of amides is 1. The highest BCUT2D eigenvalue weighted by Gasteiger charge is 2.15. The molecule has 0 aliphatic rings. The molecule has 0 bridgehead atoms. The first-order chi connectivity index (χ1) is 11.1. The Morgan fingerprint density at radius 3 is 2.70 bits per heavy atom. The van der Waals surface area contributed by atoms with E-state index in [-0.39, 0.29) is 12.5 Å². The lowest BCUT2D eigenvalue weighted by molar-refractivity contribution is -0.129. The first kappa shape index (κ1) is 16.5. The van der Waals surface area contributed by atoms with Crippen LogP contribution in [0.15, 0.2) is 35.4 Å². The van der Waals surface area contributed by atoms with Crippen molar-refractivity contribution in [2.24, 2.45) is 0 Å². The van der Waals surface area contributed by atoms with Crippen molar-refractivity contribution >= 4 is 5.91 Å². The van der Waals surface area contributed by atoms with E-state index < -0.39 is 0 Å². The summed E-state index contributed by atoms with van der Waals surface area (Å²) in [6, 6.07) is 5.34. The van der Waals surface area contributed by atoms with E-state index in [1.54, 1.807) is 37.3 Å². The van der Waals surface area contributed by atoms with Crippen LogP contribution in [0.1, 0.15) is 12.8 Å². The fourth-order valence-electron chi connectivity index (χ4n) is 2.04. The van der Waals surface area contributed by atoms with E-state index in [9.17, 15) is 4.79 Å². The van der Waals surface area contributed by atoms with Gasteiger partial charge in [0.1, 0.15) is 6.54 Å². The molecule has 0 unspecified atom stereocenters. The second kappa shape index (κ2) is 7.44. The van der Waals surface area contributed by atoms with Gasteiger partial charge in [0.25, 0.3) is 0 Å². The van der Waals surface area contributed by atoms with Gasteiger partial charge >= 0.3 is 0 Å². The number of ether oxygens (including phenoxy) is 2. The lowest BCUT2D eigenvalue weighted by Crippen LogP contribution is -2.28. The molecule has 7 nitrogen and oxygen atoms in total. The highest BCUT2D eigenvalue weighted by Crippen LogP contribution is 2.31. The summed E-state index contributed by atoms with van der Waals surface area (Å²) in [7, 11) is 3.13. The minimum atomic E-state index is -0.0873. The van der Waals surface area contributed by atoms with Crippen molar-refractivity contribution in [3.8, 4) is 22.9 Å². The lowest BCUT2D eigenvalue weighted by Gasteiger charge is -2.16. The van der Waals surface area contributed by atoms with Crippen LogP contribution in [0.3, 0.4) is 0 Å². The quantitative estimate of drug-likeness (QED) is 0.729. The van der Waals surface area contributed by atoms with Gasteiger partial charge in [-0.2, -0.15) is 4.98 Å². The van der Waals surface area contributed by atoms with Gasteiger partial charge in [0, 0.05) is 19.0 Å². The molecule has 0 aliphatic carbocycles. The fourth-order valence-corrected chi connectivity index (χ4v) is 2.04. The van der Waals surface area contributed by atoms with Gasteiger partial charge in [0.2, 0.25) is 17.6 Å². The van der Waals surface area contributed by atoms with E-state index in [4.69, 9.17) is 14.0 Å². The smallest absolute Gasteiger partial charge is 0.246 e. The van der Waals surface area contributed by atoms with E-state index in [1.807, 2.05) is 6.07 Å². The SMILES string of the molecule is C=CCN(Cc1nc(-c2ccc(OC)c(OC)c2)no1)C(C)=O. The predicted molar refractivity (Wildman–Crippen MR) is 84.1 cm³/mol. The number of aromatic nitrogens is 2. The summed E-state index contributed by atoms with van der Waals surface area (Å²) in [4.78, 5) is 17.4. The van der Waals surface area contributed by atoms with Crippen LogP contribution in [0.4, 0.5) is 0 Å². The van der Waals surface area contributed by atoms with E-state index >= 15 is 0 Å². The molecule has 122 valence electrons. The molecular formula is C16H19N3O4. The Balaban J connectivity index is 2.21. The summed E-state index contributed by atoms with van der Waals surface area (Å²) >= 11 is 0. The number of hydrogen-bond donors (Lipinski definition) is 0. The van der Waals surface area contributed by atoms with Gasteiger partial charge in [-0.05, 0) is 18.2 Å². The van der Waals surface area contributed by atoms with Crippen molar-refractivity contribution in [3.05, 3.63) is 36.7 Å². The Morgan fingerprint density at radius 1 is 1.35 bits per heavy atom. The molecule has 1 amide bonds. The third-order valence-electron chi connectivity index (χ3n) is 3.23. The van der Waals surface area contributed by atoms with Crippen molar-refractivity contribution in [3.63, 3.8) is 0 Å². The Bertz CT molecular complexity index is 696. The van der Waals surface area contributed by atoms with Crippen molar-refractivity contribution < 1.29 is 18.8 Å². The standard InChI is InChI=1S/C16H19N3O4/c1-5-8-19(11(2)20)10-15-17-16(18-23-15)12-6-7-13(21-3)14(9-12)22-4/h5-7,9H,1,8,10H2,2-4H3. The number of nitrogens with zero attached hydrogens (tertiary/aromatic N) is 3. The number of methoxy groups -OCH3 is 2. The van der Waals surface area contributed by atoms with Crippen molar-refractivity contribution in [1.82, 2.24) is 15.0 Å². The first-order valence-corrected chi connectivity index (χ1v) is 7.00. The highest BCUT2D eigenvalue weighted by atomic mass is 16.5. The van der Waals surface area contributed by atoms with E-state index in [0.29, 0.717) is 29.8 Å². The normalized spacial score (nSPS) is 10.2. The average molecular weight is 317 g/mol. The average Bonchev–Trinajstić information content (AvgIpc) is 3.02. The predicted octanol–water partition coefficient (Wildman–Crippen LogP) is 2.29. The maximum atomic E-state index is 11.5. The molecule has 0 aliphatic heterocycles. The monoisotopic (exact) mass is 317 g/mol. The molecule has 0 radical (unpaired) electrons. The van der Waals surface area contributed by atoms with Gasteiger partial charge in [-0.1, -0.05) is 11.2 Å². The van der Waals surface area contributed by atoms with E-state index in [2.05, 4.69) is 16.7 Å². The summed E-state index contributed by atoms with van der Waals surface area (Å²) in [5, 5.41) is 3.94. The van der Waals surface area contributed by atoms with Crippen molar-refractivity contribution in [2.45, 2.75) is 13.5 Å². The van der Waals surface area contributed by atoms with Crippen LogP contribution in [0.25, 0.3) is 11.4 Å². The zero-order chi connectivity index (χ0) is 16.8. The maximum Gasteiger partial charge on any atom is 0.246 e. The minimum Gasteiger partial charge on any atom is -0.493 e. The molecule has 0 N–H and O–H groups in total. The lowest BCUT2D eigenvalue weighted by atomic mass is 10.2. The summed E-state index contributed by atoms with van der Waals surface area (Å²) in [6.45, 7) is 5.77.